The fraction of sp³-hybridized carbons (Fsp3) is 0.647. The molecule has 23 heavy (non-hydrogen) atoms. The SMILES string of the molecule is CO[C@@H]1CCC[C@@H](NC(=O)c2ccnc(N3CCCC3)c2)[C@H]1O. The Bertz CT molecular complexity index is 546. The number of carbonyl (C=O) groups excluding carboxylic acids is 1. The van der Waals surface area contributed by atoms with Crippen LogP contribution in [0.4, 0.5) is 5.82 Å². The molecule has 2 aliphatic rings. The quantitative estimate of drug-likeness (QED) is 0.876. The van der Waals surface area contributed by atoms with E-state index in [1.54, 1.807) is 19.4 Å². The number of anilines is 1. The predicted octanol–water partition coefficient (Wildman–Crippen LogP) is 1.34. The number of rotatable bonds is 4. The zero-order chi connectivity index (χ0) is 16.2. The average molecular weight is 319 g/mol. The van der Waals surface area contributed by atoms with Gasteiger partial charge in [-0.3, -0.25) is 4.79 Å². The topological polar surface area (TPSA) is 74.7 Å². The molecule has 6 nitrogen and oxygen atoms in total. The second-order valence-electron chi connectivity index (χ2n) is 6.37. The highest BCUT2D eigenvalue weighted by Crippen LogP contribution is 2.22. The lowest BCUT2D eigenvalue weighted by Crippen LogP contribution is -2.51. The molecule has 2 N–H and O–H groups in total. The summed E-state index contributed by atoms with van der Waals surface area (Å²) in [4.78, 5) is 19.1. The number of amides is 1. The van der Waals surface area contributed by atoms with Gasteiger partial charge in [0, 0.05) is 32.0 Å². The van der Waals surface area contributed by atoms with Gasteiger partial charge < -0.3 is 20.1 Å². The molecule has 0 radical (unpaired) electrons. The molecular weight excluding hydrogens is 294 g/mol. The molecule has 1 aromatic heterocycles. The van der Waals surface area contributed by atoms with Crippen molar-refractivity contribution in [1.29, 1.82) is 0 Å². The number of carbonyl (C=O) groups is 1. The third kappa shape index (κ3) is 3.64. The highest BCUT2D eigenvalue weighted by Gasteiger charge is 2.33. The Hall–Kier alpha value is -1.66. The van der Waals surface area contributed by atoms with Crippen molar-refractivity contribution >= 4 is 11.7 Å². The standard InChI is InChI=1S/C17H25N3O3/c1-23-14-6-4-5-13(16(14)21)19-17(22)12-7-8-18-15(11-12)20-9-2-3-10-20/h7-8,11,13-14,16,21H,2-6,9-10H2,1H3,(H,19,22)/t13-,14-,16-/m1/s1. The minimum Gasteiger partial charge on any atom is -0.388 e. The van der Waals surface area contributed by atoms with Crippen molar-refractivity contribution in [1.82, 2.24) is 10.3 Å². The van der Waals surface area contributed by atoms with Crippen LogP contribution in [-0.2, 0) is 4.74 Å². The number of methoxy groups -OCH3 is 1. The molecule has 2 fully saturated rings. The minimum absolute atomic E-state index is 0.159. The van der Waals surface area contributed by atoms with Gasteiger partial charge in [-0.25, -0.2) is 4.98 Å². The number of nitrogens with one attached hydrogen (secondary N) is 1. The Morgan fingerprint density at radius 3 is 2.87 bits per heavy atom. The summed E-state index contributed by atoms with van der Waals surface area (Å²) in [6.45, 7) is 1.99. The fourth-order valence-electron chi connectivity index (χ4n) is 3.48. The van der Waals surface area contributed by atoms with Crippen LogP contribution in [0, 0.1) is 0 Å². The van der Waals surface area contributed by atoms with Crippen molar-refractivity contribution in [3.63, 3.8) is 0 Å². The summed E-state index contributed by atoms with van der Waals surface area (Å²) in [5.74, 6) is 0.697. The summed E-state index contributed by atoms with van der Waals surface area (Å²) in [5, 5.41) is 13.2. The number of aliphatic hydroxyl groups excluding tert-OH is 1. The van der Waals surface area contributed by atoms with Crippen molar-refractivity contribution in [2.75, 3.05) is 25.1 Å². The zero-order valence-corrected chi connectivity index (χ0v) is 13.6. The van der Waals surface area contributed by atoms with E-state index in [9.17, 15) is 9.90 Å². The van der Waals surface area contributed by atoms with Gasteiger partial charge in [-0.2, -0.15) is 0 Å². The van der Waals surface area contributed by atoms with E-state index in [1.807, 2.05) is 6.07 Å². The van der Waals surface area contributed by atoms with E-state index in [-0.39, 0.29) is 18.1 Å². The molecule has 2 heterocycles. The van der Waals surface area contributed by atoms with Gasteiger partial charge in [-0.15, -0.1) is 0 Å². The first-order valence-corrected chi connectivity index (χ1v) is 8.42. The average Bonchev–Trinajstić information content (AvgIpc) is 3.11. The zero-order valence-electron chi connectivity index (χ0n) is 13.6. The molecule has 3 rings (SSSR count). The van der Waals surface area contributed by atoms with Crippen LogP contribution in [0.25, 0.3) is 0 Å². The molecule has 0 spiro atoms. The first kappa shape index (κ1) is 16.2. The van der Waals surface area contributed by atoms with Crippen LogP contribution in [-0.4, -0.2) is 54.4 Å². The maximum Gasteiger partial charge on any atom is 0.251 e. The van der Waals surface area contributed by atoms with Crippen LogP contribution in [0.1, 0.15) is 42.5 Å². The van der Waals surface area contributed by atoms with Gasteiger partial charge in [0.15, 0.2) is 0 Å². The normalized spacial score (nSPS) is 27.9. The first-order valence-electron chi connectivity index (χ1n) is 8.42. The molecule has 1 saturated carbocycles. The predicted molar refractivity (Wildman–Crippen MR) is 87.6 cm³/mol. The Labute approximate surface area is 136 Å². The summed E-state index contributed by atoms with van der Waals surface area (Å²) in [5.41, 5.74) is 0.591. The van der Waals surface area contributed by atoms with Crippen molar-refractivity contribution < 1.29 is 14.6 Å². The second kappa shape index (κ2) is 7.27. The highest BCUT2D eigenvalue weighted by atomic mass is 16.5. The molecule has 1 amide bonds. The summed E-state index contributed by atoms with van der Waals surface area (Å²) >= 11 is 0. The van der Waals surface area contributed by atoms with Crippen molar-refractivity contribution in [3.05, 3.63) is 23.9 Å². The van der Waals surface area contributed by atoms with Gasteiger partial charge in [-0.1, -0.05) is 0 Å². The van der Waals surface area contributed by atoms with E-state index < -0.39 is 6.10 Å². The van der Waals surface area contributed by atoms with Crippen LogP contribution >= 0.6 is 0 Å². The largest absolute Gasteiger partial charge is 0.388 e. The third-order valence-corrected chi connectivity index (χ3v) is 4.85. The van der Waals surface area contributed by atoms with Crippen molar-refractivity contribution in [2.24, 2.45) is 0 Å². The van der Waals surface area contributed by atoms with Crippen LogP contribution in [0.5, 0.6) is 0 Å². The summed E-state index contributed by atoms with van der Waals surface area (Å²) in [7, 11) is 1.60. The van der Waals surface area contributed by atoms with Crippen molar-refractivity contribution in [3.8, 4) is 0 Å². The number of aromatic nitrogens is 1. The van der Waals surface area contributed by atoms with Crippen LogP contribution in [0.15, 0.2) is 18.3 Å². The summed E-state index contributed by atoms with van der Waals surface area (Å²) in [6, 6.07) is 3.30. The first-order chi connectivity index (χ1) is 11.2. The van der Waals surface area contributed by atoms with E-state index >= 15 is 0 Å². The molecule has 6 heteroatoms. The Morgan fingerprint density at radius 1 is 1.35 bits per heavy atom. The van der Waals surface area contributed by atoms with Gasteiger partial charge in [0.2, 0.25) is 0 Å². The van der Waals surface area contributed by atoms with Crippen LogP contribution < -0.4 is 10.2 Å². The van der Waals surface area contributed by atoms with E-state index in [2.05, 4.69) is 15.2 Å². The number of aliphatic hydroxyl groups is 1. The maximum absolute atomic E-state index is 12.5. The Kier molecular flexibility index (Phi) is 5.13. The third-order valence-electron chi connectivity index (χ3n) is 4.85. The molecule has 0 aromatic carbocycles. The van der Waals surface area contributed by atoms with E-state index in [0.717, 1.165) is 38.2 Å². The van der Waals surface area contributed by atoms with E-state index in [1.165, 1.54) is 12.8 Å². The molecule has 1 aromatic rings. The van der Waals surface area contributed by atoms with Crippen LogP contribution in [0.3, 0.4) is 0 Å². The molecule has 126 valence electrons. The summed E-state index contributed by atoms with van der Waals surface area (Å²) in [6.07, 6.45) is 5.71. The second-order valence-corrected chi connectivity index (χ2v) is 6.37. The summed E-state index contributed by atoms with van der Waals surface area (Å²) < 4.78 is 5.29. The highest BCUT2D eigenvalue weighted by molar-refractivity contribution is 5.95. The smallest absolute Gasteiger partial charge is 0.251 e. The number of ether oxygens (including phenoxy) is 1. The number of hydrogen-bond acceptors (Lipinski definition) is 5. The molecule has 3 atom stereocenters. The number of nitrogens with zero attached hydrogens (tertiary/aromatic N) is 2. The number of hydrogen-bond donors (Lipinski definition) is 2. The molecular formula is C17H25N3O3. The number of pyridine rings is 1. The maximum atomic E-state index is 12.5. The Balaban J connectivity index is 1.67. The lowest BCUT2D eigenvalue weighted by atomic mass is 9.89. The van der Waals surface area contributed by atoms with Gasteiger partial charge in [-0.05, 0) is 44.2 Å². The van der Waals surface area contributed by atoms with Gasteiger partial charge >= 0.3 is 0 Å². The molecule has 1 saturated heterocycles. The minimum atomic E-state index is -0.655. The molecule has 1 aliphatic heterocycles. The van der Waals surface area contributed by atoms with Gasteiger partial charge in [0.1, 0.15) is 11.9 Å². The van der Waals surface area contributed by atoms with Crippen molar-refractivity contribution in [2.45, 2.75) is 50.4 Å². The molecule has 0 bridgehead atoms. The molecule has 0 unspecified atom stereocenters. The Morgan fingerprint density at radius 2 is 2.13 bits per heavy atom. The van der Waals surface area contributed by atoms with E-state index in [4.69, 9.17) is 4.74 Å². The molecule has 1 aliphatic carbocycles. The van der Waals surface area contributed by atoms with E-state index in [0.29, 0.717) is 5.56 Å². The lowest BCUT2D eigenvalue weighted by molar-refractivity contribution is -0.0513. The fourth-order valence-corrected chi connectivity index (χ4v) is 3.48. The monoisotopic (exact) mass is 319 g/mol. The lowest BCUT2D eigenvalue weighted by Gasteiger charge is -2.34. The van der Waals surface area contributed by atoms with Gasteiger partial charge in [0.25, 0.3) is 5.91 Å². The van der Waals surface area contributed by atoms with Gasteiger partial charge in [0.05, 0.1) is 12.1 Å². The van der Waals surface area contributed by atoms with Crippen LogP contribution in [0.2, 0.25) is 0 Å².